The number of nitrogens with one attached hydrogen (secondary N) is 1. The van der Waals surface area contributed by atoms with E-state index in [0.29, 0.717) is 5.25 Å². The van der Waals surface area contributed by atoms with Gasteiger partial charge in [0.05, 0.1) is 6.54 Å². The largest absolute Gasteiger partial charge is 0.335 e. The quantitative estimate of drug-likeness (QED) is 0.828. The number of anilines is 1. The van der Waals surface area contributed by atoms with Gasteiger partial charge >= 0.3 is 0 Å². The summed E-state index contributed by atoms with van der Waals surface area (Å²) in [7, 11) is 0. The zero-order valence-electron chi connectivity index (χ0n) is 9.16. The molecular formula is C12H16N2S. The average Bonchev–Trinajstić information content (AvgIpc) is 2.65. The molecule has 0 saturated heterocycles. The fraction of sp³-hybridized carbons (Fsp3) is 0.417. The molecule has 0 amide bonds. The van der Waals surface area contributed by atoms with E-state index >= 15 is 0 Å². The molecule has 0 aromatic heterocycles. The van der Waals surface area contributed by atoms with E-state index < -0.39 is 0 Å². The van der Waals surface area contributed by atoms with E-state index in [1.165, 1.54) is 5.56 Å². The number of rotatable bonds is 2. The SMILES string of the molecule is CCc1ccc(NC2=NCC(C)S2)cc1. The van der Waals surface area contributed by atoms with E-state index in [0.717, 1.165) is 23.8 Å². The highest BCUT2D eigenvalue weighted by Gasteiger charge is 2.14. The summed E-state index contributed by atoms with van der Waals surface area (Å²) in [6.45, 7) is 5.30. The third kappa shape index (κ3) is 2.75. The summed E-state index contributed by atoms with van der Waals surface area (Å²) in [5, 5.41) is 5.00. The maximum absolute atomic E-state index is 4.42. The minimum atomic E-state index is 0.613. The first kappa shape index (κ1) is 10.6. The maximum atomic E-state index is 4.42. The molecule has 80 valence electrons. The van der Waals surface area contributed by atoms with Gasteiger partial charge in [-0.2, -0.15) is 0 Å². The van der Waals surface area contributed by atoms with E-state index in [9.17, 15) is 0 Å². The fourth-order valence-electron chi connectivity index (χ4n) is 1.49. The van der Waals surface area contributed by atoms with E-state index in [2.05, 4.69) is 48.4 Å². The van der Waals surface area contributed by atoms with Crippen LogP contribution in [0.4, 0.5) is 5.69 Å². The van der Waals surface area contributed by atoms with Gasteiger partial charge in [-0.05, 0) is 24.1 Å². The average molecular weight is 220 g/mol. The number of nitrogens with zero attached hydrogens (tertiary/aromatic N) is 1. The van der Waals surface area contributed by atoms with Gasteiger partial charge in [0.25, 0.3) is 0 Å². The first-order chi connectivity index (χ1) is 7.28. The van der Waals surface area contributed by atoms with Crippen molar-refractivity contribution >= 4 is 22.6 Å². The highest BCUT2D eigenvalue weighted by molar-refractivity contribution is 8.15. The molecule has 2 rings (SSSR count). The second-order valence-corrected chi connectivity index (χ2v) is 5.18. The molecule has 0 fully saturated rings. The second kappa shape index (κ2) is 4.71. The Morgan fingerprint density at radius 3 is 2.67 bits per heavy atom. The van der Waals surface area contributed by atoms with Gasteiger partial charge in [-0.15, -0.1) is 0 Å². The smallest absolute Gasteiger partial charge is 0.161 e. The molecule has 1 heterocycles. The topological polar surface area (TPSA) is 24.4 Å². The molecule has 1 aliphatic rings. The Bertz CT molecular complexity index is 356. The van der Waals surface area contributed by atoms with Crippen LogP contribution in [0, 0.1) is 0 Å². The zero-order chi connectivity index (χ0) is 10.7. The van der Waals surface area contributed by atoms with Crippen LogP contribution in [-0.2, 0) is 6.42 Å². The van der Waals surface area contributed by atoms with Gasteiger partial charge in [0, 0.05) is 10.9 Å². The summed E-state index contributed by atoms with van der Waals surface area (Å²) in [5.74, 6) is 0. The van der Waals surface area contributed by atoms with Crippen molar-refractivity contribution in [1.82, 2.24) is 0 Å². The van der Waals surface area contributed by atoms with Crippen molar-refractivity contribution < 1.29 is 0 Å². The monoisotopic (exact) mass is 220 g/mol. The van der Waals surface area contributed by atoms with Crippen LogP contribution in [0.5, 0.6) is 0 Å². The van der Waals surface area contributed by atoms with Crippen molar-refractivity contribution in [3.05, 3.63) is 29.8 Å². The Hall–Kier alpha value is -0.960. The van der Waals surface area contributed by atoms with Gasteiger partial charge in [-0.3, -0.25) is 4.99 Å². The summed E-state index contributed by atoms with van der Waals surface area (Å²) < 4.78 is 0. The number of benzene rings is 1. The van der Waals surface area contributed by atoms with Crippen molar-refractivity contribution in [3.8, 4) is 0 Å². The molecule has 0 radical (unpaired) electrons. The van der Waals surface area contributed by atoms with Gasteiger partial charge in [-0.25, -0.2) is 0 Å². The Morgan fingerprint density at radius 2 is 2.13 bits per heavy atom. The van der Waals surface area contributed by atoms with Crippen molar-refractivity contribution in [2.24, 2.45) is 4.99 Å². The molecule has 1 aromatic carbocycles. The predicted molar refractivity (Wildman–Crippen MR) is 68.8 cm³/mol. The van der Waals surface area contributed by atoms with Crippen LogP contribution in [0.15, 0.2) is 29.3 Å². The molecule has 15 heavy (non-hydrogen) atoms. The Morgan fingerprint density at radius 1 is 1.40 bits per heavy atom. The highest BCUT2D eigenvalue weighted by atomic mass is 32.2. The van der Waals surface area contributed by atoms with Gasteiger partial charge < -0.3 is 5.32 Å². The van der Waals surface area contributed by atoms with Crippen molar-refractivity contribution in [1.29, 1.82) is 0 Å². The Labute approximate surface area is 95.2 Å². The normalized spacial score (nSPS) is 20.1. The number of aliphatic imine (C=N–C) groups is 1. The lowest BCUT2D eigenvalue weighted by molar-refractivity contribution is 0.976. The summed E-state index contributed by atoms with van der Waals surface area (Å²) >= 11 is 1.81. The first-order valence-electron chi connectivity index (χ1n) is 5.35. The lowest BCUT2D eigenvalue weighted by Gasteiger charge is -2.06. The summed E-state index contributed by atoms with van der Waals surface area (Å²) in [4.78, 5) is 4.42. The minimum absolute atomic E-state index is 0.613. The number of hydrogen-bond donors (Lipinski definition) is 1. The Kier molecular flexibility index (Phi) is 3.31. The van der Waals surface area contributed by atoms with Crippen LogP contribution < -0.4 is 5.32 Å². The van der Waals surface area contributed by atoms with E-state index in [4.69, 9.17) is 0 Å². The number of hydrogen-bond acceptors (Lipinski definition) is 3. The minimum Gasteiger partial charge on any atom is -0.335 e. The molecule has 0 aliphatic carbocycles. The molecule has 0 bridgehead atoms. The molecule has 1 aliphatic heterocycles. The molecule has 2 nitrogen and oxygen atoms in total. The van der Waals surface area contributed by atoms with Crippen LogP contribution in [0.1, 0.15) is 19.4 Å². The van der Waals surface area contributed by atoms with Crippen molar-refractivity contribution in [2.45, 2.75) is 25.5 Å². The van der Waals surface area contributed by atoms with E-state index in [1.807, 2.05) is 11.8 Å². The van der Waals surface area contributed by atoms with Gasteiger partial charge in [0.15, 0.2) is 5.17 Å². The molecule has 0 spiro atoms. The van der Waals surface area contributed by atoms with E-state index in [1.54, 1.807) is 0 Å². The summed E-state index contributed by atoms with van der Waals surface area (Å²) in [6, 6.07) is 8.55. The standard InChI is InChI=1S/C12H16N2S/c1-3-10-4-6-11(7-5-10)14-12-13-8-9(2)15-12/h4-7,9H,3,8H2,1-2H3,(H,13,14). The molecule has 1 aromatic rings. The molecule has 0 saturated carbocycles. The molecule has 1 unspecified atom stereocenters. The summed E-state index contributed by atoms with van der Waals surface area (Å²) in [5.41, 5.74) is 2.50. The number of amidine groups is 1. The second-order valence-electron chi connectivity index (χ2n) is 3.75. The van der Waals surface area contributed by atoms with Gasteiger partial charge in [0.1, 0.15) is 0 Å². The zero-order valence-corrected chi connectivity index (χ0v) is 9.97. The summed E-state index contributed by atoms with van der Waals surface area (Å²) in [6.07, 6.45) is 1.09. The predicted octanol–water partition coefficient (Wildman–Crippen LogP) is 3.15. The fourth-order valence-corrected chi connectivity index (χ4v) is 2.35. The van der Waals surface area contributed by atoms with Crippen LogP contribution in [0.25, 0.3) is 0 Å². The molecule has 1 atom stereocenters. The van der Waals surface area contributed by atoms with Crippen LogP contribution >= 0.6 is 11.8 Å². The lowest BCUT2D eigenvalue weighted by Crippen LogP contribution is -2.05. The van der Waals surface area contributed by atoms with Crippen molar-refractivity contribution in [3.63, 3.8) is 0 Å². The number of aryl methyl sites for hydroxylation is 1. The maximum Gasteiger partial charge on any atom is 0.161 e. The Balaban J connectivity index is 1.99. The van der Waals surface area contributed by atoms with Crippen LogP contribution in [-0.4, -0.2) is 17.0 Å². The lowest BCUT2D eigenvalue weighted by atomic mass is 10.1. The molecule has 3 heteroatoms. The molecule has 1 N–H and O–H groups in total. The number of thioether (sulfide) groups is 1. The third-order valence-corrected chi connectivity index (χ3v) is 3.42. The third-order valence-electron chi connectivity index (χ3n) is 2.42. The van der Waals surface area contributed by atoms with Gasteiger partial charge in [-0.1, -0.05) is 37.7 Å². The van der Waals surface area contributed by atoms with Crippen molar-refractivity contribution in [2.75, 3.05) is 11.9 Å². The molecular weight excluding hydrogens is 204 g/mol. The van der Waals surface area contributed by atoms with E-state index in [-0.39, 0.29) is 0 Å². The van der Waals surface area contributed by atoms with Crippen LogP contribution in [0.3, 0.4) is 0 Å². The first-order valence-corrected chi connectivity index (χ1v) is 6.23. The van der Waals surface area contributed by atoms with Gasteiger partial charge in [0.2, 0.25) is 0 Å². The highest BCUT2D eigenvalue weighted by Crippen LogP contribution is 2.22. The van der Waals surface area contributed by atoms with Crippen LogP contribution in [0.2, 0.25) is 0 Å².